The van der Waals surface area contributed by atoms with Crippen LogP contribution in [0, 0.1) is 6.92 Å². The van der Waals surface area contributed by atoms with Gasteiger partial charge < -0.3 is 5.11 Å². The molecule has 0 bridgehead atoms. The normalized spacial score (nSPS) is 13.6. The van der Waals surface area contributed by atoms with E-state index in [1.807, 2.05) is 12.1 Å². The standard InChI is InChI=1S/C12H11BrO2/c1-7-4-9(13)6-11-8(5-12(14)15)2-3-10(7)11/h2,4,6H,3,5H2,1H3,(H,14,15). The summed E-state index contributed by atoms with van der Waals surface area (Å²) >= 11 is 3.43. The van der Waals surface area contributed by atoms with Crippen LogP contribution in [0.1, 0.15) is 23.1 Å². The average Bonchev–Trinajstić information content (AvgIpc) is 2.48. The quantitative estimate of drug-likeness (QED) is 0.893. The Morgan fingerprint density at radius 2 is 2.27 bits per heavy atom. The summed E-state index contributed by atoms with van der Waals surface area (Å²) in [6, 6.07) is 4.07. The minimum Gasteiger partial charge on any atom is -0.481 e. The number of aryl methyl sites for hydroxylation is 1. The third kappa shape index (κ3) is 1.97. The van der Waals surface area contributed by atoms with Crippen LogP contribution in [0.4, 0.5) is 0 Å². The van der Waals surface area contributed by atoms with Gasteiger partial charge in [-0.2, -0.15) is 0 Å². The predicted octanol–water partition coefficient (Wildman–Crippen LogP) is 3.17. The molecule has 1 aromatic rings. The van der Waals surface area contributed by atoms with Crippen molar-refractivity contribution in [2.45, 2.75) is 19.8 Å². The fourth-order valence-electron chi connectivity index (χ4n) is 2.00. The van der Waals surface area contributed by atoms with Gasteiger partial charge in [-0.3, -0.25) is 4.79 Å². The minimum absolute atomic E-state index is 0.114. The first-order chi connectivity index (χ1) is 7.08. The number of aliphatic carboxylic acids is 1. The first-order valence-electron chi connectivity index (χ1n) is 4.78. The zero-order valence-corrected chi connectivity index (χ0v) is 9.97. The fraction of sp³-hybridized carbons (Fsp3) is 0.250. The number of fused-ring (bicyclic) bond motifs is 1. The lowest BCUT2D eigenvalue weighted by atomic mass is 10.00. The Morgan fingerprint density at radius 1 is 1.53 bits per heavy atom. The molecule has 0 heterocycles. The van der Waals surface area contributed by atoms with Crippen LogP contribution in [0.5, 0.6) is 0 Å². The van der Waals surface area contributed by atoms with Crippen molar-refractivity contribution in [3.05, 3.63) is 39.4 Å². The van der Waals surface area contributed by atoms with E-state index in [1.165, 1.54) is 11.1 Å². The zero-order chi connectivity index (χ0) is 11.0. The molecule has 0 aromatic heterocycles. The number of carboxylic acids is 1. The molecule has 0 unspecified atom stereocenters. The van der Waals surface area contributed by atoms with Gasteiger partial charge in [-0.1, -0.05) is 22.0 Å². The van der Waals surface area contributed by atoms with Crippen LogP contribution in [0.25, 0.3) is 5.57 Å². The Balaban J connectivity index is 2.43. The molecule has 0 spiro atoms. The molecule has 0 fully saturated rings. The fourth-order valence-corrected chi connectivity index (χ4v) is 2.57. The van der Waals surface area contributed by atoms with Gasteiger partial charge in [0.1, 0.15) is 0 Å². The monoisotopic (exact) mass is 266 g/mol. The molecule has 0 saturated carbocycles. The maximum atomic E-state index is 10.7. The van der Waals surface area contributed by atoms with Crippen molar-refractivity contribution < 1.29 is 9.90 Å². The number of hydrogen-bond acceptors (Lipinski definition) is 1. The highest BCUT2D eigenvalue weighted by Gasteiger charge is 2.18. The number of rotatable bonds is 2. The molecule has 2 rings (SSSR count). The number of carbonyl (C=O) groups is 1. The SMILES string of the molecule is Cc1cc(Br)cc2c1CC=C2CC(=O)O. The molecule has 1 N–H and O–H groups in total. The second kappa shape index (κ2) is 3.81. The van der Waals surface area contributed by atoms with E-state index in [4.69, 9.17) is 5.11 Å². The first-order valence-corrected chi connectivity index (χ1v) is 5.57. The van der Waals surface area contributed by atoms with Gasteiger partial charge in [0.2, 0.25) is 0 Å². The minimum atomic E-state index is -0.772. The van der Waals surface area contributed by atoms with E-state index in [9.17, 15) is 4.79 Å². The lowest BCUT2D eigenvalue weighted by Gasteiger charge is -2.07. The summed E-state index contributed by atoms with van der Waals surface area (Å²) in [5.41, 5.74) is 4.50. The van der Waals surface area contributed by atoms with Crippen molar-refractivity contribution in [3.8, 4) is 0 Å². The summed E-state index contributed by atoms with van der Waals surface area (Å²) in [4.78, 5) is 10.7. The molecule has 2 nitrogen and oxygen atoms in total. The van der Waals surface area contributed by atoms with E-state index in [2.05, 4.69) is 28.9 Å². The average molecular weight is 267 g/mol. The number of carboxylic acid groups (broad SMARTS) is 1. The van der Waals surface area contributed by atoms with Gasteiger partial charge in [-0.25, -0.2) is 0 Å². The molecule has 0 radical (unpaired) electrons. The van der Waals surface area contributed by atoms with Crippen molar-refractivity contribution >= 4 is 27.5 Å². The molecule has 3 heteroatoms. The van der Waals surface area contributed by atoms with Crippen LogP contribution in [0.3, 0.4) is 0 Å². The van der Waals surface area contributed by atoms with Gasteiger partial charge in [0.15, 0.2) is 0 Å². The van der Waals surface area contributed by atoms with Crippen molar-refractivity contribution in [3.63, 3.8) is 0 Å². The van der Waals surface area contributed by atoms with Crippen molar-refractivity contribution in [1.29, 1.82) is 0 Å². The van der Waals surface area contributed by atoms with Gasteiger partial charge >= 0.3 is 5.97 Å². The molecule has 78 valence electrons. The highest BCUT2D eigenvalue weighted by Crippen LogP contribution is 2.34. The Morgan fingerprint density at radius 3 is 2.93 bits per heavy atom. The van der Waals surface area contributed by atoms with E-state index in [0.717, 1.165) is 22.0 Å². The van der Waals surface area contributed by atoms with E-state index in [0.29, 0.717) is 0 Å². The Hall–Kier alpha value is -1.09. The van der Waals surface area contributed by atoms with Crippen LogP contribution < -0.4 is 0 Å². The van der Waals surface area contributed by atoms with Gasteiger partial charge in [-0.05, 0) is 47.7 Å². The smallest absolute Gasteiger partial charge is 0.307 e. The van der Waals surface area contributed by atoms with Gasteiger partial charge in [0.05, 0.1) is 6.42 Å². The summed E-state index contributed by atoms with van der Waals surface area (Å²) in [6.07, 6.45) is 2.98. The zero-order valence-electron chi connectivity index (χ0n) is 8.38. The van der Waals surface area contributed by atoms with Crippen molar-refractivity contribution in [2.24, 2.45) is 0 Å². The predicted molar refractivity (Wildman–Crippen MR) is 62.8 cm³/mol. The number of hydrogen-bond donors (Lipinski definition) is 1. The number of halogens is 1. The Kier molecular flexibility index (Phi) is 2.65. The summed E-state index contributed by atoms with van der Waals surface area (Å²) < 4.78 is 1.01. The van der Waals surface area contributed by atoms with Crippen LogP contribution in [0.2, 0.25) is 0 Å². The second-order valence-corrected chi connectivity index (χ2v) is 4.67. The third-order valence-electron chi connectivity index (χ3n) is 2.68. The van der Waals surface area contributed by atoms with E-state index in [-0.39, 0.29) is 6.42 Å². The molecule has 1 aromatic carbocycles. The summed E-state index contributed by atoms with van der Waals surface area (Å²) in [5, 5.41) is 8.79. The maximum Gasteiger partial charge on any atom is 0.307 e. The van der Waals surface area contributed by atoms with E-state index in [1.54, 1.807) is 0 Å². The summed E-state index contributed by atoms with van der Waals surface area (Å²) in [6.45, 7) is 2.06. The maximum absolute atomic E-state index is 10.7. The Bertz CT molecular complexity index is 461. The Labute approximate surface area is 96.7 Å². The molecular weight excluding hydrogens is 256 g/mol. The summed E-state index contributed by atoms with van der Waals surface area (Å²) in [5.74, 6) is -0.772. The van der Waals surface area contributed by atoms with Gasteiger partial charge in [-0.15, -0.1) is 0 Å². The number of allylic oxidation sites excluding steroid dienone is 1. The molecule has 1 aliphatic carbocycles. The van der Waals surface area contributed by atoms with Gasteiger partial charge in [0, 0.05) is 4.47 Å². The first kappa shape index (κ1) is 10.4. The van der Waals surface area contributed by atoms with Crippen LogP contribution >= 0.6 is 15.9 Å². The largest absolute Gasteiger partial charge is 0.481 e. The summed E-state index contributed by atoms with van der Waals surface area (Å²) in [7, 11) is 0. The van der Waals surface area contributed by atoms with Crippen LogP contribution in [-0.4, -0.2) is 11.1 Å². The highest BCUT2D eigenvalue weighted by molar-refractivity contribution is 9.10. The molecule has 0 aliphatic heterocycles. The topological polar surface area (TPSA) is 37.3 Å². The molecule has 0 atom stereocenters. The van der Waals surface area contributed by atoms with Crippen molar-refractivity contribution in [1.82, 2.24) is 0 Å². The lowest BCUT2D eigenvalue weighted by molar-refractivity contribution is -0.135. The molecule has 0 saturated heterocycles. The van der Waals surface area contributed by atoms with Crippen LogP contribution in [-0.2, 0) is 11.2 Å². The molecule has 15 heavy (non-hydrogen) atoms. The van der Waals surface area contributed by atoms with Crippen LogP contribution in [0.15, 0.2) is 22.7 Å². The molecular formula is C12H11BrO2. The highest BCUT2D eigenvalue weighted by atomic mass is 79.9. The molecule has 1 aliphatic rings. The van der Waals surface area contributed by atoms with Crippen molar-refractivity contribution in [2.75, 3.05) is 0 Å². The second-order valence-electron chi connectivity index (χ2n) is 3.75. The van der Waals surface area contributed by atoms with Gasteiger partial charge in [0.25, 0.3) is 0 Å². The third-order valence-corrected chi connectivity index (χ3v) is 3.14. The number of benzene rings is 1. The van der Waals surface area contributed by atoms with E-state index >= 15 is 0 Å². The molecule has 0 amide bonds. The van der Waals surface area contributed by atoms with E-state index < -0.39 is 5.97 Å². The lowest BCUT2D eigenvalue weighted by Crippen LogP contribution is -1.96.